The highest BCUT2D eigenvalue weighted by molar-refractivity contribution is 9.10. The van der Waals surface area contributed by atoms with E-state index in [0.717, 1.165) is 4.47 Å². The van der Waals surface area contributed by atoms with Crippen LogP contribution in [0.3, 0.4) is 0 Å². The number of anilines is 1. The Hall–Kier alpha value is -0.410. The molecule has 0 fully saturated rings. The van der Waals surface area contributed by atoms with Crippen molar-refractivity contribution < 1.29 is 4.74 Å². The zero-order valence-electron chi connectivity index (χ0n) is 5.90. The van der Waals surface area contributed by atoms with Gasteiger partial charge in [-0.15, -0.1) is 0 Å². The van der Waals surface area contributed by atoms with Crippen LogP contribution in [-0.4, -0.2) is 7.11 Å². The van der Waals surface area contributed by atoms with Gasteiger partial charge in [-0.1, -0.05) is 11.6 Å². The van der Waals surface area contributed by atoms with Crippen molar-refractivity contribution in [3.05, 3.63) is 21.6 Å². The Balaban J connectivity index is 3.25. The maximum Gasteiger partial charge on any atom is 0.143 e. The van der Waals surface area contributed by atoms with Gasteiger partial charge in [0.15, 0.2) is 0 Å². The number of nitrogens with two attached hydrogens (primary N) is 1. The normalized spacial score (nSPS) is 9.73. The van der Waals surface area contributed by atoms with E-state index in [4.69, 9.17) is 22.1 Å². The summed E-state index contributed by atoms with van der Waals surface area (Å²) in [7, 11) is 1.55. The lowest BCUT2D eigenvalue weighted by Crippen LogP contribution is -1.93. The molecular weight excluding hydrogens is 229 g/mol. The largest absolute Gasteiger partial charge is 0.495 e. The molecule has 0 bridgehead atoms. The number of halogens is 2. The molecule has 1 aromatic carbocycles. The SMILES string of the molecule is COc1ccc(Br)c(Cl)c1N. The average Bonchev–Trinajstić information content (AvgIpc) is 2.01. The number of benzene rings is 1. The molecule has 4 heteroatoms. The minimum atomic E-state index is 0.462. The monoisotopic (exact) mass is 235 g/mol. The highest BCUT2D eigenvalue weighted by Gasteiger charge is 2.06. The Morgan fingerprint density at radius 2 is 2.18 bits per heavy atom. The molecule has 0 spiro atoms. The van der Waals surface area contributed by atoms with Gasteiger partial charge in [-0.2, -0.15) is 0 Å². The molecular formula is C7H7BrClNO. The summed E-state index contributed by atoms with van der Waals surface area (Å²) in [5.74, 6) is 0.596. The lowest BCUT2D eigenvalue weighted by Gasteiger charge is -2.06. The Morgan fingerprint density at radius 3 is 2.73 bits per heavy atom. The van der Waals surface area contributed by atoms with E-state index >= 15 is 0 Å². The van der Waals surface area contributed by atoms with Crippen LogP contribution in [0.2, 0.25) is 5.02 Å². The van der Waals surface area contributed by atoms with Crippen molar-refractivity contribution in [2.75, 3.05) is 12.8 Å². The minimum Gasteiger partial charge on any atom is -0.495 e. The molecule has 2 nitrogen and oxygen atoms in total. The van der Waals surface area contributed by atoms with Crippen LogP contribution in [-0.2, 0) is 0 Å². The average molecular weight is 236 g/mol. The first-order valence-electron chi connectivity index (χ1n) is 2.94. The molecule has 0 atom stereocenters. The van der Waals surface area contributed by atoms with Crippen LogP contribution in [0.1, 0.15) is 0 Å². The Labute approximate surface area is 78.4 Å². The van der Waals surface area contributed by atoms with E-state index in [-0.39, 0.29) is 0 Å². The molecule has 2 N–H and O–H groups in total. The second-order valence-electron chi connectivity index (χ2n) is 1.98. The first kappa shape index (κ1) is 8.68. The minimum absolute atomic E-state index is 0.462. The first-order chi connectivity index (χ1) is 5.16. The molecule has 0 heterocycles. The number of nitrogen functional groups attached to an aromatic ring is 1. The molecule has 11 heavy (non-hydrogen) atoms. The second-order valence-corrected chi connectivity index (χ2v) is 3.21. The van der Waals surface area contributed by atoms with Gasteiger partial charge in [0.2, 0.25) is 0 Å². The number of hydrogen-bond donors (Lipinski definition) is 1. The van der Waals surface area contributed by atoms with Crippen molar-refractivity contribution in [1.82, 2.24) is 0 Å². The zero-order chi connectivity index (χ0) is 8.43. The van der Waals surface area contributed by atoms with E-state index in [1.54, 1.807) is 19.2 Å². The lowest BCUT2D eigenvalue weighted by molar-refractivity contribution is 0.417. The zero-order valence-corrected chi connectivity index (χ0v) is 8.24. The van der Waals surface area contributed by atoms with Crippen LogP contribution in [0.25, 0.3) is 0 Å². The van der Waals surface area contributed by atoms with E-state index in [9.17, 15) is 0 Å². The maximum atomic E-state index is 5.81. The quantitative estimate of drug-likeness (QED) is 0.761. The van der Waals surface area contributed by atoms with Gasteiger partial charge in [-0.3, -0.25) is 0 Å². The number of rotatable bonds is 1. The van der Waals surface area contributed by atoms with Gasteiger partial charge in [0.25, 0.3) is 0 Å². The molecule has 60 valence electrons. The van der Waals surface area contributed by atoms with Crippen LogP contribution in [0.15, 0.2) is 16.6 Å². The molecule has 0 aromatic heterocycles. The molecule has 0 saturated carbocycles. The van der Waals surface area contributed by atoms with Crippen molar-refractivity contribution in [1.29, 1.82) is 0 Å². The van der Waals surface area contributed by atoms with Gasteiger partial charge < -0.3 is 10.5 Å². The van der Waals surface area contributed by atoms with Gasteiger partial charge in [-0.05, 0) is 28.1 Å². The van der Waals surface area contributed by atoms with Gasteiger partial charge >= 0.3 is 0 Å². The van der Waals surface area contributed by atoms with Gasteiger partial charge in [0.1, 0.15) is 5.75 Å². The summed E-state index contributed by atoms with van der Waals surface area (Å²) >= 11 is 9.05. The number of methoxy groups -OCH3 is 1. The van der Waals surface area contributed by atoms with Gasteiger partial charge in [0.05, 0.1) is 17.8 Å². The van der Waals surface area contributed by atoms with Crippen molar-refractivity contribution >= 4 is 33.2 Å². The topological polar surface area (TPSA) is 35.2 Å². The van der Waals surface area contributed by atoms with Crippen LogP contribution in [0.4, 0.5) is 5.69 Å². The van der Waals surface area contributed by atoms with E-state index in [0.29, 0.717) is 16.5 Å². The summed E-state index contributed by atoms with van der Waals surface area (Å²) in [6.45, 7) is 0. The molecule has 0 saturated heterocycles. The third kappa shape index (κ3) is 1.60. The lowest BCUT2D eigenvalue weighted by atomic mass is 10.3. The van der Waals surface area contributed by atoms with Crippen LogP contribution >= 0.6 is 27.5 Å². The van der Waals surface area contributed by atoms with E-state index < -0.39 is 0 Å². The van der Waals surface area contributed by atoms with Crippen molar-refractivity contribution in [3.63, 3.8) is 0 Å². The Bertz CT molecular complexity index is 277. The summed E-state index contributed by atoms with van der Waals surface area (Å²) in [4.78, 5) is 0. The Kier molecular flexibility index (Phi) is 2.62. The summed E-state index contributed by atoms with van der Waals surface area (Å²) in [5, 5.41) is 0.490. The molecule has 0 aliphatic rings. The molecule has 1 aromatic rings. The fourth-order valence-electron chi connectivity index (χ4n) is 0.727. The van der Waals surface area contributed by atoms with Gasteiger partial charge in [0, 0.05) is 4.47 Å². The molecule has 0 radical (unpaired) electrons. The first-order valence-corrected chi connectivity index (χ1v) is 4.11. The van der Waals surface area contributed by atoms with Crippen molar-refractivity contribution in [2.24, 2.45) is 0 Å². The third-order valence-electron chi connectivity index (χ3n) is 1.31. The summed E-state index contributed by atoms with van der Waals surface area (Å²) < 4.78 is 5.73. The molecule has 0 aliphatic carbocycles. The van der Waals surface area contributed by atoms with Crippen molar-refractivity contribution in [3.8, 4) is 5.75 Å². The molecule has 0 amide bonds. The molecule has 1 rings (SSSR count). The van der Waals surface area contributed by atoms with Crippen LogP contribution in [0, 0.1) is 0 Å². The van der Waals surface area contributed by atoms with Crippen LogP contribution < -0.4 is 10.5 Å². The predicted molar refractivity (Wildman–Crippen MR) is 50.1 cm³/mol. The Morgan fingerprint density at radius 1 is 1.55 bits per heavy atom. The fraction of sp³-hybridized carbons (Fsp3) is 0.143. The van der Waals surface area contributed by atoms with Crippen LogP contribution in [0.5, 0.6) is 5.75 Å². The summed E-state index contributed by atoms with van der Waals surface area (Å²) in [6.07, 6.45) is 0. The third-order valence-corrected chi connectivity index (χ3v) is 2.61. The van der Waals surface area contributed by atoms with E-state index in [2.05, 4.69) is 15.9 Å². The van der Waals surface area contributed by atoms with Crippen molar-refractivity contribution in [2.45, 2.75) is 0 Å². The maximum absolute atomic E-state index is 5.81. The fourth-order valence-corrected chi connectivity index (χ4v) is 1.23. The predicted octanol–water partition coefficient (Wildman–Crippen LogP) is 2.69. The number of hydrogen-bond acceptors (Lipinski definition) is 2. The summed E-state index contributed by atoms with van der Waals surface area (Å²) in [6, 6.07) is 3.54. The highest BCUT2D eigenvalue weighted by Crippen LogP contribution is 2.34. The standard InChI is InChI=1S/C7H7BrClNO/c1-11-5-3-2-4(8)6(9)7(5)10/h2-3H,10H2,1H3. The highest BCUT2D eigenvalue weighted by atomic mass is 79.9. The van der Waals surface area contributed by atoms with Gasteiger partial charge in [-0.25, -0.2) is 0 Å². The van der Waals surface area contributed by atoms with E-state index in [1.165, 1.54) is 0 Å². The summed E-state index contributed by atoms with van der Waals surface area (Å²) in [5.41, 5.74) is 6.07. The number of ether oxygens (including phenoxy) is 1. The smallest absolute Gasteiger partial charge is 0.143 e. The molecule has 0 aliphatic heterocycles. The molecule has 0 unspecified atom stereocenters. The second kappa shape index (κ2) is 3.32. The van der Waals surface area contributed by atoms with E-state index in [1.807, 2.05) is 0 Å².